The molecule has 0 fully saturated rings. The fraction of sp³-hybridized carbons (Fsp3) is 0.286. The van der Waals surface area contributed by atoms with Gasteiger partial charge in [-0.1, -0.05) is 35.3 Å². The van der Waals surface area contributed by atoms with E-state index in [2.05, 4.69) is 14.9 Å². The number of sulfonamides is 1. The van der Waals surface area contributed by atoms with Crippen LogP contribution < -0.4 is 20.9 Å². The molecule has 2 rings (SSSR count). The minimum atomic E-state index is -5.46. The zero-order valence-electron chi connectivity index (χ0n) is 19.6. The van der Waals surface area contributed by atoms with Gasteiger partial charge in [0.2, 0.25) is 16.0 Å². The average molecular weight is 617 g/mol. The van der Waals surface area contributed by atoms with Gasteiger partial charge in [0.25, 0.3) is 0 Å². The lowest BCUT2D eigenvalue weighted by molar-refractivity contribution is -0.286. The van der Waals surface area contributed by atoms with Crippen molar-refractivity contribution >= 4 is 51.1 Å². The summed E-state index contributed by atoms with van der Waals surface area (Å²) in [4.78, 5) is 35.1. The van der Waals surface area contributed by atoms with Gasteiger partial charge in [0.1, 0.15) is 23.3 Å². The van der Waals surface area contributed by atoms with Gasteiger partial charge in [0.15, 0.2) is 0 Å². The fourth-order valence-corrected chi connectivity index (χ4v) is 4.63. The van der Waals surface area contributed by atoms with Crippen LogP contribution in [0.5, 0.6) is 5.75 Å². The predicted molar refractivity (Wildman–Crippen MR) is 131 cm³/mol. The molecule has 0 saturated heterocycles. The quantitative estimate of drug-likeness (QED) is 0.105. The van der Waals surface area contributed by atoms with Gasteiger partial charge in [-0.25, -0.2) is 27.8 Å². The summed E-state index contributed by atoms with van der Waals surface area (Å²) in [6, 6.07) is 7.51. The molecule has 0 aliphatic rings. The van der Waals surface area contributed by atoms with Gasteiger partial charge < -0.3 is 21.0 Å². The van der Waals surface area contributed by atoms with E-state index >= 15 is 0 Å². The first-order valence-corrected chi connectivity index (χ1v) is 12.8. The third-order valence-electron chi connectivity index (χ3n) is 4.38. The number of nitrogens with two attached hydrogens (primary N) is 2. The molecule has 2 aromatic rings. The standard InChI is InChI=1S/C21H21Cl2F3N4O8S/c22-13-4-7-15(23)17(11-13)39(33,34)30-16(18(31)37-38-19(32)21(24,25)26)10-12-2-5-14(6-3-12)35-8-1-9-36-29-20(27)28/h2-7,11,16,30H,1,8-10H2,(H4,27,28,29)/t16-/m0/s1. The summed E-state index contributed by atoms with van der Waals surface area (Å²) < 4.78 is 70.5. The Morgan fingerprint density at radius 3 is 2.31 bits per heavy atom. The number of guanidine groups is 1. The molecule has 0 amide bonds. The zero-order valence-corrected chi connectivity index (χ0v) is 21.9. The van der Waals surface area contributed by atoms with Gasteiger partial charge in [0.05, 0.1) is 11.6 Å². The monoisotopic (exact) mass is 616 g/mol. The van der Waals surface area contributed by atoms with Crippen molar-refractivity contribution in [1.82, 2.24) is 4.72 Å². The van der Waals surface area contributed by atoms with Gasteiger partial charge in [-0.05, 0) is 47.5 Å². The molecule has 1 atom stereocenters. The van der Waals surface area contributed by atoms with Gasteiger partial charge in [0, 0.05) is 11.4 Å². The van der Waals surface area contributed by atoms with Crippen molar-refractivity contribution in [3.05, 3.63) is 58.1 Å². The Labute approximate surface area is 229 Å². The van der Waals surface area contributed by atoms with Crippen LogP contribution in [0.4, 0.5) is 13.2 Å². The maximum Gasteiger partial charge on any atom is 0.495 e. The molecule has 0 heterocycles. The number of ether oxygens (including phenoxy) is 1. The molecule has 18 heteroatoms. The highest BCUT2D eigenvalue weighted by molar-refractivity contribution is 7.89. The van der Waals surface area contributed by atoms with Crippen molar-refractivity contribution in [2.75, 3.05) is 13.2 Å². The van der Waals surface area contributed by atoms with Crippen LogP contribution in [0.15, 0.2) is 52.5 Å². The number of rotatable bonds is 12. The maximum absolute atomic E-state index is 12.9. The molecular weight excluding hydrogens is 596 g/mol. The maximum atomic E-state index is 12.9. The molecule has 2 aromatic carbocycles. The number of nitrogens with zero attached hydrogens (tertiary/aromatic N) is 1. The number of hydrogen-bond donors (Lipinski definition) is 3. The number of benzene rings is 2. The normalized spacial score (nSPS) is 12.2. The number of oxime groups is 1. The second kappa shape index (κ2) is 14.1. The van der Waals surface area contributed by atoms with E-state index in [-0.39, 0.29) is 29.2 Å². The Morgan fingerprint density at radius 1 is 1.03 bits per heavy atom. The van der Waals surface area contributed by atoms with Gasteiger partial charge in [-0.2, -0.15) is 17.9 Å². The molecule has 214 valence electrons. The highest BCUT2D eigenvalue weighted by atomic mass is 35.5. The number of carbonyl (C=O) groups is 2. The second-order valence-electron chi connectivity index (χ2n) is 7.42. The Kier molecular flexibility index (Phi) is 11.5. The summed E-state index contributed by atoms with van der Waals surface area (Å²) in [5.74, 6) is -4.30. The van der Waals surface area contributed by atoms with E-state index in [1.165, 1.54) is 36.4 Å². The van der Waals surface area contributed by atoms with Crippen LogP contribution in [0, 0.1) is 0 Å². The summed E-state index contributed by atoms with van der Waals surface area (Å²) in [5, 5.41) is 3.08. The van der Waals surface area contributed by atoms with E-state index in [4.69, 9.17) is 44.2 Å². The first-order chi connectivity index (χ1) is 18.2. The van der Waals surface area contributed by atoms with Gasteiger partial charge in [-0.15, -0.1) is 0 Å². The molecule has 0 radical (unpaired) electrons. The number of hydrogen-bond acceptors (Lipinski definition) is 9. The van der Waals surface area contributed by atoms with Crippen molar-refractivity contribution in [1.29, 1.82) is 0 Å². The third-order valence-corrected chi connectivity index (χ3v) is 6.57. The number of carbonyl (C=O) groups excluding carboxylic acids is 2. The van der Waals surface area contributed by atoms with Gasteiger partial charge in [-0.3, -0.25) is 0 Å². The van der Waals surface area contributed by atoms with Crippen LogP contribution in [0.3, 0.4) is 0 Å². The van der Waals surface area contributed by atoms with Gasteiger partial charge >= 0.3 is 18.1 Å². The van der Waals surface area contributed by atoms with E-state index in [9.17, 15) is 31.2 Å². The SMILES string of the molecule is NC(N)=NOCCCOc1ccc(C[C@H](NS(=O)(=O)c2cc(Cl)ccc2Cl)C(=O)OOC(=O)C(F)(F)F)cc1. The average Bonchev–Trinajstić information content (AvgIpc) is 2.85. The third kappa shape index (κ3) is 10.7. The van der Waals surface area contributed by atoms with Crippen molar-refractivity contribution < 1.29 is 50.5 Å². The summed E-state index contributed by atoms with van der Waals surface area (Å²) in [6.07, 6.45) is -5.47. The Balaban J connectivity index is 2.15. The van der Waals surface area contributed by atoms with E-state index in [1.807, 2.05) is 4.72 Å². The zero-order chi connectivity index (χ0) is 29.2. The van der Waals surface area contributed by atoms with Crippen molar-refractivity contribution in [3.63, 3.8) is 0 Å². The largest absolute Gasteiger partial charge is 0.495 e. The smallest absolute Gasteiger partial charge is 0.493 e. The lowest BCUT2D eigenvalue weighted by Crippen LogP contribution is -2.44. The molecule has 0 unspecified atom stereocenters. The fourth-order valence-electron chi connectivity index (χ4n) is 2.68. The van der Waals surface area contributed by atoms with Crippen molar-refractivity contribution in [2.24, 2.45) is 16.6 Å². The number of alkyl halides is 3. The van der Waals surface area contributed by atoms with Crippen LogP contribution in [-0.4, -0.2) is 51.7 Å². The highest BCUT2D eigenvalue weighted by Gasteiger charge is 2.43. The molecule has 0 bridgehead atoms. The van der Waals surface area contributed by atoms with E-state index in [0.29, 0.717) is 17.7 Å². The Morgan fingerprint density at radius 2 is 1.69 bits per heavy atom. The summed E-state index contributed by atoms with van der Waals surface area (Å²) in [5.41, 5.74) is 10.6. The molecular formula is C21H21Cl2F3N4O8S. The summed E-state index contributed by atoms with van der Waals surface area (Å²) in [7, 11) is -4.57. The lowest BCUT2D eigenvalue weighted by Gasteiger charge is -2.18. The summed E-state index contributed by atoms with van der Waals surface area (Å²) >= 11 is 11.8. The van der Waals surface area contributed by atoms with Crippen LogP contribution in [0.1, 0.15) is 12.0 Å². The predicted octanol–water partition coefficient (Wildman–Crippen LogP) is 2.42. The van der Waals surface area contributed by atoms with Crippen LogP contribution >= 0.6 is 23.2 Å². The van der Waals surface area contributed by atoms with E-state index in [0.717, 1.165) is 6.07 Å². The molecule has 12 nitrogen and oxygen atoms in total. The van der Waals surface area contributed by atoms with Crippen LogP contribution in [0.25, 0.3) is 0 Å². The highest BCUT2D eigenvalue weighted by Crippen LogP contribution is 2.26. The second-order valence-corrected chi connectivity index (χ2v) is 9.95. The van der Waals surface area contributed by atoms with E-state index < -0.39 is 45.5 Å². The molecule has 39 heavy (non-hydrogen) atoms. The van der Waals surface area contributed by atoms with Crippen molar-refractivity contribution in [3.8, 4) is 5.75 Å². The molecule has 0 aromatic heterocycles. The first kappa shape index (κ1) is 31.7. The van der Waals surface area contributed by atoms with E-state index in [1.54, 1.807) is 0 Å². The minimum absolute atomic E-state index is 0.00333. The lowest BCUT2D eigenvalue weighted by atomic mass is 10.1. The number of halogens is 5. The van der Waals surface area contributed by atoms with Crippen LogP contribution in [0.2, 0.25) is 10.0 Å². The topological polar surface area (TPSA) is 182 Å². The Bertz CT molecular complexity index is 1290. The summed E-state index contributed by atoms with van der Waals surface area (Å²) in [6.45, 7) is 0.397. The molecule has 0 spiro atoms. The molecule has 0 aliphatic carbocycles. The molecule has 5 N–H and O–H groups in total. The Hall–Kier alpha value is -3.47. The minimum Gasteiger partial charge on any atom is -0.493 e. The van der Waals surface area contributed by atoms with Crippen LogP contribution in [-0.2, 0) is 40.6 Å². The molecule has 0 saturated carbocycles. The first-order valence-electron chi connectivity index (χ1n) is 10.6. The van der Waals surface area contributed by atoms with Crippen molar-refractivity contribution in [2.45, 2.75) is 30.0 Å². The number of nitrogens with one attached hydrogen (secondary N) is 1. The molecule has 0 aliphatic heterocycles.